The van der Waals surface area contributed by atoms with Gasteiger partial charge in [-0.3, -0.25) is 9.59 Å². The van der Waals surface area contributed by atoms with Crippen LogP contribution in [0.4, 0.5) is 8.78 Å². The third-order valence-corrected chi connectivity index (χ3v) is 5.24. The van der Waals surface area contributed by atoms with Gasteiger partial charge in [0.05, 0.1) is 6.42 Å². The van der Waals surface area contributed by atoms with Gasteiger partial charge in [0.1, 0.15) is 5.75 Å². The lowest BCUT2D eigenvalue weighted by Gasteiger charge is -2.35. The molecule has 4 rings (SSSR count). The molecule has 2 amide bonds. The summed E-state index contributed by atoms with van der Waals surface area (Å²) in [6.07, 6.45) is 2.15. The number of fused-ring (bicyclic) bond motifs is 1. The molecule has 6 nitrogen and oxygen atoms in total. The Kier molecular flexibility index (Phi) is 5.65. The number of hydrogen-bond donors (Lipinski definition) is 1. The van der Waals surface area contributed by atoms with E-state index in [1.54, 1.807) is 15.9 Å². The molecule has 0 bridgehead atoms. The second kappa shape index (κ2) is 8.52. The zero-order valence-corrected chi connectivity index (χ0v) is 16.2. The van der Waals surface area contributed by atoms with E-state index in [0.717, 1.165) is 16.5 Å². The lowest BCUT2D eigenvalue weighted by atomic mass is 10.1. The standard InChI is InChI=1S/C22H21F2N3O3/c23-22(24)30-17-5-3-4-15(12-17)21(29)27-10-8-26(9-11-27)20(28)13-16-14-25-19-7-2-1-6-18(16)19/h1-7,12,14,22,25H,8-11,13H2. The Bertz CT molecular complexity index is 1060. The molecule has 0 atom stereocenters. The number of piperazine rings is 1. The van der Waals surface area contributed by atoms with Crippen LogP contribution >= 0.6 is 0 Å². The molecule has 1 fully saturated rings. The molecule has 1 saturated heterocycles. The van der Waals surface area contributed by atoms with Gasteiger partial charge in [-0.2, -0.15) is 8.78 Å². The third kappa shape index (κ3) is 4.27. The van der Waals surface area contributed by atoms with Crippen LogP contribution in [0.1, 0.15) is 15.9 Å². The highest BCUT2D eigenvalue weighted by Gasteiger charge is 2.25. The molecular formula is C22H21F2N3O3. The molecule has 0 unspecified atom stereocenters. The SMILES string of the molecule is O=C(Cc1c[nH]c2ccccc12)N1CCN(C(=O)c2cccc(OC(F)F)c2)CC1. The predicted octanol–water partition coefficient (Wildman–Crippen LogP) is 3.30. The molecule has 0 spiro atoms. The van der Waals surface area contributed by atoms with Gasteiger partial charge in [0.2, 0.25) is 5.91 Å². The topological polar surface area (TPSA) is 65.6 Å². The van der Waals surface area contributed by atoms with Crippen molar-refractivity contribution in [1.82, 2.24) is 14.8 Å². The van der Waals surface area contributed by atoms with Gasteiger partial charge >= 0.3 is 6.61 Å². The van der Waals surface area contributed by atoms with Crippen molar-refractivity contribution in [2.24, 2.45) is 0 Å². The molecule has 1 aromatic heterocycles. The van der Waals surface area contributed by atoms with E-state index in [-0.39, 0.29) is 23.1 Å². The molecule has 2 heterocycles. The van der Waals surface area contributed by atoms with Gasteiger partial charge < -0.3 is 19.5 Å². The Hall–Kier alpha value is -3.42. The molecule has 0 aliphatic carbocycles. The number of carbonyl (C=O) groups is 2. The summed E-state index contributed by atoms with van der Waals surface area (Å²) in [6.45, 7) is -1.31. The van der Waals surface area contributed by atoms with Crippen molar-refractivity contribution in [2.75, 3.05) is 26.2 Å². The van der Waals surface area contributed by atoms with Gasteiger partial charge in [0.25, 0.3) is 5.91 Å². The van der Waals surface area contributed by atoms with Crippen molar-refractivity contribution in [3.63, 3.8) is 0 Å². The minimum absolute atomic E-state index is 0.0131. The summed E-state index contributed by atoms with van der Waals surface area (Å²) in [6, 6.07) is 13.6. The number of amides is 2. The number of alkyl halides is 2. The van der Waals surface area contributed by atoms with Gasteiger partial charge in [-0.25, -0.2) is 0 Å². The Morgan fingerprint density at radius 1 is 1.00 bits per heavy atom. The summed E-state index contributed by atoms with van der Waals surface area (Å²) >= 11 is 0. The molecule has 30 heavy (non-hydrogen) atoms. The maximum atomic E-state index is 12.7. The first-order chi connectivity index (χ1) is 14.5. The summed E-state index contributed by atoms with van der Waals surface area (Å²) in [4.78, 5) is 32.0. The number of carbonyl (C=O) groups excluding carboxylic acids is 2. The van der Waals surface area contributed by atoms with Crippen LogP contribution in [0.5, 0.6) is 5.75 Å². The molecule has 1 N–H and O–H groups in total. The molecule has 2 aromatic carbocycles. The first-order valence-electron chi connectivity index (χ1n) is 9.68. The molecule has 0 radical (unpaired) electrons. The highest BCUT2D eigenvalue weighted by atomic mass is 19.3. The summed E-state index contributed by atoms with van der Waals surface area (Å²) in [5.41, 5.74) is 2.23. The van der Waals surface area contributed by atoms with E-state index in [2.05, 4.69) is 9.72 Å². The zero-order valence-electron chi connectivity index (χ0n) is 16.2. The molecule has 0 saturated carbocycles. The first-order valence-corrected chi connectivity index (χ1v) is 9.68. The van der Waals surface area contributed by atoms with Gasteiger partial charge in [0.15, 0.2) is 0 Å². The summed E-state index contributed by atoms with van der Waals surface area (Å²) in [5.74, 6) is -0.305. The number of ether oxygens (including phenoxy) is 1. The highest BCUT2D eigenvalue weighted by Crippen LogP contribution is 2.20. The quantitative estimate of drug-likeness (QED) is 0.698. The van der Waals surface area contributed by atoms with Gasteiger partial charge in [-0.05, 0) is 29.8 Å². The smallest absolute Gasteiger partial charge is 0.387 e. The number of hydrogen-bond acceptors (Lipinski definition) is 3. The number of benzene rings is 2. The summed E-state index contributed by atoms with van der Waals surface area (Å²) in [7, 11) is 0. The van der Waals surface area contributed by atoms with Crippen LogP contribution in [0.25, 0.3) is 10.9 Å². The van der Waals surface area contributed by atoms with E-state index in [4.69, 9.17) is 0 Å². The van der Waals surface area contributed by atoms with Crippen molar-refractivity contribution >= 4 is 22.7 Å². The molecule has 1 aliphatic rings. The maximum absolute atomic E-state index is 12.7. The Morgan fingerprint density at radius 2 is 1.73 bits per heavy atom. The van der Waals surface area contributed by atoms with E-state index in [9.17, 15) is 18.4 Å². The van der Waals surface area contributed by atoms with E-state index in [1.807, 2.05) is 30.5 Å². The van der Waals surface area contributed by atoms with Crippen LogP contribution < -0.4 is 4.74 Å². The van der Waals surface area contributed by atoms with Gasteiger partial charge in [-0.1, -0.05) is 24.3 Å². The van der Waals surface area contributed by atoms with Crippen molar-refractivity contribution < 1.29 is 23.1 Å². The molecule has 3 aromatic rings. The zero-order chi connectivity index (χ0) is 21.1. The normalized spacial score (nSPS) is 14.4. The summed E-state index contributed by atoms with van der Waals surface area (Å²) < 4.78 is 29.1. The fourth-order valence-corrected chi connectivity index (χ4v) is 3.70. The first kappa shape index (κ1) is 19.9. The van der Waals surface area contributed by atoms with Crippen molar-refractivity contribution in [3.8, 4) is 5.75 Å². The number of nitrogens with zero attached hydrogens (tertiary/aromatic N) is 2. The summed E-state index contributed by atoms with van der Waals surface area (Å²) in [5, 5.41) is 1.03. The molecule has 156 valence electrons. The fraction of sp³-hybridized carbons (Fsp3) is 0.273. The lowest BCUT2D eigenvalue weighted by Crippen LogP contribution is -2.51. The van der Waals surface area contributed by atoms with E-state index >= 15 is 0 Å². The second-order valence-electron chi connectivity index (χ2n) is 7.12. The van der Waals surface area contributed by atoms with Gasteiger partial charge in [-0.15, -0.1) is 0 Å². The number of nitrogens with one attached hydrogen (secondary N) is 1. The van der Waals surface area contributed by atoms with Crippen molar-refractivity contribution in [3.05, 3.63) is 65.9 Å². The van der Waals surface area contributed by atoms with Crippen LogP contribution in [0, 0.1) is 0 Å². The predicted molar refractivity (Wildman–Crippen MR) is 108 cm³/mol. The Morgan fingerprint density at radius 3 is 2.50 bits per heavy atom. The van der Waals surface area contributed by atoms with E-state index in [1.165, 1.54) is 18.2 Å². The minimum Gasteiger partial charge on any atom is -0.435 e. The number of halogens is 2. The van der Waals surface area contributed by atoms with Crippen LogP contribution in [0.15, 0.2) is 54.7 Å². The average Bonchev–Trinajstić information content (AvgIpc) is 3.16. The van der Waals surface area contributed by atoms with E-state index < -0.39 is 6.61 Å². The lowest BCUT2D eigenvalue weighted by molar-refractivity contribution is -0.131. The fourth-order valence-electron chi connectivity index (χ4n) is 3.70. The Labute approximate surface area is 172 Å². The van der Waals surface area contributed by atoms with Crippen LogP contribution in [0.3, 0.4) is 0 Å². The number of aromatic amines is 1. The maximum Gasteiger partial charge on any atom is 0.387 e. The number of H-pyrrole nitrogens is 1. The number of rotatable bonds is 5. The van der Waals surface area contributed by atoms with E-state index in [0.29, 0.717) is 32.6 Å². The monoisotopic (exact) mass is 413 g/mol. The second-order valence-corrected chi connectivity index (χ2v) is 7.12. The van der Waals surface area contributed by atoms with Crippen molar-refractivity contribution in [2.45, 2.75) is 13.0 Å². The molecular weight excluding hydrogens is 392 g/mol. The van der Waals surface area contributed by atoms with Gasteiger partial charge in [0, 0.05) is 48.8 Å². The van der Waals surface area contributed by atoms with Crippen LogP contribution in [-0.2, 0) is 11.2 Å². The minimum atomic E-state index is -2.94. The Balaban J connectivity index is 1.35. The number of aromatic nitrogens is 1. The third-order valence-electron chi connectivity index (χ3n) is 5.24. The van der Waals surface area contributed by atoms with Crippen LogP contribution in [0.2, 0.25) is 0 Å². The molecule has 1 aliphatic heterocycles. The highest BCUT2D eigenvalue weighted by molar-refractivity contribution is 5.95. The van der Waals surface area contributed by atoms with Crippen molar-refractivity contribution in [1.29, 1.82) is 0 Å². The number of para-hydroxylation sites is 1. The largest absolute Gasteiger partial charge is 0.435 e. The van der Waals surface area contributed by atoms with Crippen LogP contribution in [-0.4, -0.2) is 59.4 Å². The average molecular weight is 413 g/mol. The molecule has 8 heteroatoms.